The average molecular weight is 261 g/mol. The van der Waals surface area contributed by atoms with E-state index in [9.17, 15) is 4.79 Å². The monoisotopic (exact) mass is 261 g/mol. The molecule has 0 heterocycles. The van der Waals surface area contributed by atoms with Crippen LogP contribution in [0.3, 0.4) is 0 Å². The highest BCUT2D eigenvalue weighted by molar-refractivity contribution is 5.97. The maximum atomic E-state index is 12.3. The van der Waals surface area contributed by atoms with Gasteiger partial charge in [0, 0.05) is 16.2 Å². The Morgan fingerprint density at radius 2 is 1.68 bits per heavy atom. The second-order valence-electron chi connectivity index (χ2n) is 4.61. The van der Waals surface area contributed by atoms with Crippen LogP contribution < -0.4 is 0 Å². The molecule has 0 amide bonds. The zero-order valence-corrected chi connectivity index (χ0v) is 11.8. The van der Waals surface area contributed by atoms with Gasteiger partial charge in [0.15, 0.2) is 0 Å². The highest BCUT2D eigenvalue weighted by Crippen LogP contribution is 2.15. The minimum absolute atomic E-state index is 0.137. The number of hydrogen-bond donors (Lipinski definition) is 0. The van der Waals surface area contributed by atoms with Gasteiger partial charge in [-0.05, 0) is 26.3 Å². The third kappa shape index (κ3) is 3.81. The Bertz CT molecular complexity index is 462. The lowest BCUT2D eigenvalue weighted by Gasteiger charge is -2.35. The van der Waals surface area contributed by atoms with Crippen LogP contribution in [-0.4, -0.2) is 36.4 Å². The zero-order chi connectivity index (χ0) is 14.3. The van der Waals surface area contributed by atoms with Gasteiger partial charge in [0.25, 0.3) is 0 Å². The van der Waals surface area contributed by atoms with Crippen molar-refractivity contribution >= 4 is 11.5 Å². The summed E-state index contributed by atoms with van der Waals surface area (Å²) < 4.78 is 0.803. The van der Waals surface area contributed by atoms with Crippen molar-refractivity contribution in [1.29, 1.82) is 0 Å². The van der Waals surface area contributed by atoms with Crippen LogP contribution in [0.15, 0.2) is 29.4 Å². The third-order valence-corrected chi connectivity index (χ3v) is 3.84. The summed E-state index contributed by atoms with van der Waals surface area (Å²) in [6, 6.07) is 6.79. The van der Waals surface area contributed by atoms with Crippen molar-refractivity contribution in [2.75, 3.05) is 26.2 Å². The van der Waals surface area contributed by atoms with Gasteiger partial charge in [-0.1, -0.05) is 29.4 Å². The van der Waals surface area contributed by atoms with Crippen molar-refractivity contribution in [2.24, 2.45) is 5.11 Å². The summed E-state index contributed by atoms with van der Waals surface area (Å²) in [4.78, 5) is 15.0. The highest BCUT2D eigenvalue weighted by atomic mass is 16.1. The molecular formula is C14H21N4O+. The summed E-state index contributed by atoms with van der Waals surface area (Å²) >= 11 is 0. The number of benzene rings is 1. The standard InChI is InChI=1S/C14H21N4O/c1-4-18(5-2,6-3)11-14(19)12-7-9-13(10-8-12)16-17-15/h7-10H,4-6,11H2,1-3H3/q+1. The Balaban J connectivity index is 2.85. The first-order chi connectivity index (χ1) is 9.10. The number of hydrogen-bond acceptors (Lipinski definition) is 2. The minimum Gasteiger partial charge on any atom is -0.318 e. The van der Waals surface area contributed by atoms with Crippen molar-refractivity contribution in [2.45, 2.75) is 20.8 Å². The van der Waals surface area contributed by atoms with Gasteiger partial charge >= 0.3 is 0 Å². The lowest BCUT2D eigenvalue weighted by Crippen LogP contribution is -2.50. The van der Waals surface area contributed by atoms with E-state index in [1.165, 1.54) is 0 Å². The number of carbonyl (C=O) groups is 1. The molecule has 0 saturated carbocycles. The molecule has 5 nitrogen and oxygen atoms in total. The van der Waals surface area contributed by atoms with Gasteiger partial charge in [-0.2, -0.15) is 0 Å². The topological polar surface area (TPSA) is 65.8 Å². The van der Waals surface area contributed by atoms with Crippen molar-refractivity contribution in [3.8, 4) is 0 Å². The molecule has 0 saturated heterocycles. The van der Waals surface area contributed by atoms with Gasteiger partial charge < -0.3 is 4.48 Å². The van der Waals surface area contributed by atoms with Crippen LogP contribution in [0.2, 0.25) is 0 Å². The lowest BCUT2D eigenvalue weighted by molar-refractivity contribution is -0.915. The number of carbonyl (C=O) groups excluding carboxylic acids is 1. The normalized spacial score (nSPS) is 10.9. The Labute approximate surface area is 114 Å². The number of Topliss-reactive ketones (excluding diaryl/α,β-unsaturated/α-hetero) is 1. The van der Waals surface area contributed by atoms with Gasteiger partial charge in [-0.3, -0.25) is 4.79 Å². The fourth-order valence-electron chi connectivity index (χ4n) is 2.17. The number of rotatable bonds is 7. The van der Waals surface area contributed by atoms with Gasteiger partial charge in [0.05, 0.1) is 19.6 Å². The molecule has 0 aromatic heterocycles. The van der Waals surface area contributed by atoms with Crippen LogP contribution in [0.5, 0.6) is 0 Å². The second kappa shape index (κ2) is 6.92. The molecule has 0 atom stereocenters. The number of likely N-dealkylation sites (N-methyl/N-ethyl adjacent to an activating group) is 1. The van der Waals surface area contributed by atoms with Crippen LogP contribution in [0.4, 0.5) is 5.69 Å². The number of nitrogens with zero attached hydrogens (tertiary/aromatic N) is 4. The van der Waals surface area contributed by atoms with E-state index in [0.29, 0.717) is 17.8 Å². The molecule has 1 aromatic rings. The smallest absolute Gasteiger partial charge is 0.216 e. The molecule has 0 fully saturated rings. The Hall–Kier alpha value is -1.84. The molecule has 19 heavy (non-hydrogen) atoms. The molecule has 1 aromatic carbocycles. The van der Waals surface area contributed by atoms with E-state index in [1.807, 2.05) is 0 Å². The minimum atomic E-state index is 0.137. The molecule has 0 radical (unpaired) electrons. The number of quaternary nitrogens is 1. The maximum Gasteiger partial charge on any atom is 0.216 e. The van der Waals surface area contributed by atoms with Crippen molar-refractivity contribution in [3.05, 3.63) is 40.3 Å². The first-order valence-corrected chi connectivity index (χ1v) is 6.64. The van der Waals surface area contributed by atoms with E-state index in [4.69, 9.17) is 5.53 Å². The van der Waals surface area contributed by atoms with E-state index < -0.39 is 0 Å². The summed E-state index contributed by atoms with van der Waals surface area (Å²) in [7, 11) is 0. The predicted molar refractivity (Wildman–Crippen MR) is 76.3 cm³/mol. The second-order valence-corrected chi connectivity index (χ2v) is 4.61. The van der Waals surface area contributed by atoms with Crippen molar-refractivity contribution in [1.82, 2.24) is 0 Å². The fraction of sp³-hybridized carbons (Fsp3) is 0.500. The summed E-state index contributed by atoms with van der Waals surface area (Å²) in [6.45, 7) is 9.73. The Morgan fingerprint density at radius 1 is 1.16 bits per heavy atom. The van der Waals surface area contributed by atoms with Crippen LogP contribution in [0.25, 0.3) is 10.4 Å². The molecule has 0 aliphatic rings. The number of azide groups is 1. The van der Waals surface area contributed by atoms with E-state index in [1.54, 1.807) is 24.3 Å². The fourth-order valence-corrected chi connectivity index (χ4v) is 2.17. The maximum absolute atomic E-state index is 12.3. The first kappa shape index (κ1) is 15.2. The molecule has 0 N–H and O–H groups in total. The molecule has 102 valence electrons. The van der Waals surface area contributed by atoms with Crippen molar-refractivity contribution in [3.63, 3.8) is 0 Å². The van der Waals surface area contributed by atoms with E-state index >= 15 is 0 Å². The quantitative estimate of drug-likeness (QED) is 0.243. The van der Waals surface area contributed by atoms with E-state index in [0.717, 1.165) is 24.1 Å². The lowest BCUT2D eigenvalue weighted by atomic mass is 10.1. The Kier molecular flexibility index (Phi) is 5.55. The van der Waals surface area contributed by atoms with E-state index in [-0.39, 0.29) is 5.78 Å². The summed E-state index contributed by atoms with van der Waals surface area (Å²) in [6.07, 6.45) is 0. The Morgan fingerprint density at radius 3 is 2.11 bits per heavy atom. The van der Waals surface area contributed by atoms with Crippen molar-refractivity contribution < 1.29 is 9.28 Å². The first-order valence-electron chi connectivity index (χ1n) is 6.64. The zero-order valence-electron chi connectivity index (χ0n) is 11.8. The van der Waals surface area contributed by atoms with Crippen LogP contribution in [0.1, 0.15) is 31.1 Å². The molecule has 0 aliphatic carbocycles. The van der Waals surface area contributed by atoms with Crippen LogP contribution >= 0.6 is 0 Å². The SMILES string of the molecule is CC[N+](CC)(CC)CC(=O)c1ccc(N=[N+]=[N-])cc1. The highest BCUT2D eigenvalue weighted by Gasteiger charge is 2.25. The summed E-state index contributed by atoms with van der Waals surface area (Å²) in [5.41, 5.74) is 9.54. The van der Waals surface area contributed by atoms with Gasteiger partial charge in [-0.15, -0.1) is 0 Å². The molecule has 1 rings (SSSR count). The molecule has 0 unspecified atom stereocenters. The van der Waals surface area contributed by atoms with E-state index in [2.05, 4.69) is 30.8 Å². The molecule has 0 aliphatic heterocycles. The van der Waals surface area contributed by atoms with Gasteiger partial charge in [0.2, 0.25) is 5.78 Å². The van der Waals surface area contributed by atoms with Gasteiger partial charge in [0.1, 0.15) is 6.54 Å². The molecule has 0 spiro atoms. The van der Waals surface area contributed by atoms with Gasteiger partial charge in [-0.25, -0.2) is 0 Å². The predicted octanol–water partition coefficient (Wildman–Crippen LogP) is 3.69. The summed E-state index contributed by atoms with van der Waals surface area (Å²) in [5.74, 6) is 0.137. The molecular weight excluding hydrogens is 240 g/mol. The van der Waals surface area contributed by atoms with Crippen LogP contribution in [0, 0.1) is 0 Å². The third-order valence-electron chi connectivity index (χ3n) is 3.84. The molecule has 5 heteroatoms. The van der Waals surface area contributed by atoms with Crippen LogP contribution in [-0.2, 0) is 0 Å². The average Bonchev–Trinajstić information content (AvgIpc) is 2.46. The largest absolute Gasteiger partial charge is 0.318 e. The number of ketones is 1. The molecule has 0 bridgehead atoms. The summed E-state index contributed by atoms with van der Waals surface area (Å²) in [5, 5.41) is 3.50.